The number of nitrogens with one attached hydrogen (secondary N) is 1. The van der Waals surface area contributed by atoms with Crippen molar-refractivity contribution in [2.75, 3.05) is 25.4 Å². The number of carbonyl (C=O) groups is 2. The molecule has 1 saturated heterocycles. The number of rotatable bonds is 6. The number of H-pyrrole nitrogens is 1. The number of thioether (sulfide) groups is 1. The molecule has 0 radical (unpaired) electrons. The lowest BCUT2D eigenvalue weighted by Gasteiger charge is -2.31. The van der Waals surface area contributed by atoms with Gasteiger partial charge in [-0.05, 0) is 19.8 Å². The first kappa shape index (κ1) is 21.1. The van der Waals surface area contributed by atoms with E-state index < -0.39 is 0 Å². The van der Waals surface area contributed by atoms with Gasteiger partial charge in [-0.1, -0.05) is 42.1 Å². The van der Waals surface area contributed by atoms with Crippen molar-refractivity contribution in [3.05, 3.63) is 46.8 Å². The maximum absolute atomic E-state index is 12.8. The number of piperidine rings is 1. The zero-order valence-electron chi connectivity index (χ0n) is 17.1. The van der Waals surface area contributed by atoms with Crippen LogP contribution in [0.1, 0.15) is 19.8 Å². The van der Waals surface area contributed by atoms with E-state index in [4.69, 9.17) is 4.74 Å². The average Bonchev–Trinajstić information content (AvgIpc) is 3.18. The maximum atomic E-state index is 12.8. The molecule has 31 heavy (non-hydrogen) atoms. The van der Waals surface area contributed by atoms with Crippen LogP contribution in [0.25, 0.3) is 17.0 Å². The van der Waals surface area contributed by atoms with Gasteiger partial charge < -0.3 is 9.64 Å². The zero-order valence-corrected chi connectivity index (χ0v) is 17.9. The normalized spacial score (nSPS) is 16.4. The minimum Gasteiger partial charge on any atom is -0.466 e. The van der Waals surface area contributed by atoms with Crippen LogP contribution in [0.3, 0.4) is 0 Å². The van der Waals surface area contributed by atoms with Crippen LogP contribution in [0.4, 0.5) is 0 Å². The van der Waals surface area contributed by atoms with Crippen molar-refractivity contribution < 1.29 is 14.3 Å². The number of carbonyl (C=O) groups excluding carboxylic acids is 2. The van der Waals surface area contributed by atoms with Gasteiger partial charge in [0, 0.05) is 24.7 Å². The molecule has 9 nitrogen and oxygen atoms in total. The van der Waals surface area contributed by atoms with Crippen LogP contribution in [-0.4, -0.2) is 61.8 Å². The summed E-state index contributed by atoms with van der Waals surface area (Å²) in [6, 6.07) is 10.9. The monoisotopic (exact) mass is 441 g/mol. The first-order chi connectivity index (χ1) is 15.0. The number of aromatic amines is 1. The Bertz CT molecular complexity index is 1140. The second-order valence-corrected chi connectivity index (χ2v) is 8.17. The van der Waals surface area contributed by atoms with Gasteiger partial charge in [0.25, 0.3) is 5.56 Å². The molecule has 10 heteroatoms. The highest BCUT2D eigenvalue weighted by Gasteiger charge is 2.29. The Morgan fingerprint density at radius 3 is 2.84 bits per heavy atom. The van der Waals surface area contributed by atoms with Crippen LogP contribution < -0.4 is 5.56 Å². The summed E-state index contributed by atoms with van der Waals surface area (Å²) in [4.78, 5) is 47.4. The lowest BCUT2D eigenvalue weighted by Crippen LogP contribution is -2.43. The van der Waals surface area contributed by atoms with Crippen molar-refractivity contribution >= 4 is 29.3 Å². The summed E-state index contributed by atoms with van der Waals surface area (Å²) in [5, 5.41) is 3.14. The Morgan fingerprint density at radius 2 is 2.06 bits per heavy atom. The highest BCUT2D eigenvalue weighted by Crippen LogP contribution is 2.23. The molecule has 1 aliphatic rings. The molecule has 0 aliphatic carbocycles. The number of hydrogen-bond donors (Lipinski definition) is 1. The van der Waals surface area contributed by atoms with Gasteiger partial charge in [-0.3, -0.25) is 19.5 Å². The first-order valence-electron chi connectivity index (χ1n) is 10.2. The largest absolute Gasteiger partial charge is 0.466 e. The van der Waals surface area contributed by atoms with Gasteiger partial charge in [0.05, 0.1) is 18.3 Å². The molecule has 0 spiro atoms. The van der Waals surface area contributed by atoms with Crippen LogP contribution in [0.5, 0.6) is 0 Å². The van der Waals surface area contributed by atoms with Crippen molar-refractivity contribution in [1.82, 2.24) is 24.5 Å². The van der Waals surface area contributed by atoms with Crippen molar-refractivity contribution in [3.8, 4) is 11.4 Å². The van der Waals surface area contributed by atoms with Gasteiger partial charge in [0.2, 0.25) is 5.91 Å². The third-order valence-electron chi connectivity index (χ3n) is 5.08. The first-order valence-corrected chi connectivity index (χ1v) is 11.2. The number of hydrogen-bond acceptors (Lipinski definition) is 7. The van der Waals surface area contributed by atoms with E-state index >= 15 is 0 Å². The lowest BCUT2D eigenvalue weighted by molar-refractivity contribution is -0.151. The van der Waals surface area contributed by atoms with Crippen molar-refractivity contribution in [3.63, 3.8) is 0 Å². The number of esters is 1. The molecule has 1 N–H and O–H groups in total. The minimum atomic E-state index is -0.291. The van der Waals surface area contributed by atoms with E-state index in [0.29, 0.717) is 36.3 Å². The third kappa shape index (κ3) is 4.79. The molecule has 1 fully saturated rings. The summed E-state index contributed by atoms with van der Waals surface area (Å²) in [5.74, 6) is 0.00807. The summed E-state index contributed by atoms with van der Waals surface area (Å²) in [5.41, 5.74) is 0.968. The van der Waals surface area contributed by atoms with Gasteiger partial charge in [-0.25, -0.2) is 14.5 Å². The molecule has 3 aromatic rings. The van der Waals surface area contributed by atoms with Crippen molar-refractivity contribution in [1.29, 1.82) is 0 Å². The van der Waals surface area contributed by atoms with Gasteiger partial charge >= 0.3 is 5.97 Å². The topological polar surface area (TPSA) is 110 Å². The van der Waals surface area contributed by atoms with Gasteiger partial charge in [-0.15, -0.1) is 0 Å². The smallest absolute Gasteiger partial charge is 0.310 e. The summed E-state index contributed by atoms with van der Waals surface area (Å²) in [6.07, 6.45) is 1.49. The van der Waals surface area contributed by atoms with E-state index in [1.165, 1.54) is 22.3 Å². The van der Waals surface area contributed by atoms with E-state index in [2.05, 4.69) is 15.1 Å². The fraction of sp³-hybridized carbons (Fsp3) is 0.381. The average molecular weight is 442 g/mol. The molecule has 4 rings (SSSR count). The number of benzene rings is 1. The van der Waals surface area contributed by atoms with Gasteiger partial charge in [-0.2, -0.15) is 0 Å². The Balaban J connectivity index is 1.51. The number of amides is 1. The van der Waals surface area contributed by atoms with Crippen LogP contribution >= 0.6 is 11.8 Å². The molecule has 162 valence electrons. The molecular weight excluding hydrogens is 418 g/mol. The standard InChI is InChI=1S/C21H23N5O4S/c1-2-30-20(29)15-9-6-10-25(12-15)18(28)13-31-21-23-19(14-7-4-3-5-8-14)22-16-11-17(27)24-26(16)21/h3-5,7-8,11,15H,2,6,9-10,12-13H2,1H3,(H,24,27)/t15-/m0/s1. The fourth-order valence-electron chi connectivity index (χ4n) is 3.57. The van der Waals surface area contributed by atoms with Crippen LogP contribution in [0.2, 0.25) is 0 Å². The number of fused-ring (bicyclic) bond motifs is 1. The van der Waals surface area contributed by atoms with E-state index in [-0.39, 0.29) is 29.1 Å². The molecule has 0 bridgehead atoms. The van der Waals surface area contributed by atoms with E-state index in [1.54, 1.807) is 11.8 Å². The SMILES string of the molecule is CCOC(=O)[C@H]1CCCN(C(=O)CSc2nc(-c3ccccc3)nc3cc(=O)[nH]n23)C1. The van der Waals surface area contributed by atoms with Gasteiger partial charge in [0.1, 0.15) is 0 Å². The molecule has 1 aromatic carbocycles. The molecule has 2 aromatic heterocycles. The number of likely N-dealkylation sites (tertiary alicyclic amines) is 1. The molecule has 1 aliphatic heterocycles. The number of nitrogens with zero attached hydrogens (tertiary/aromatic N) is 4. The highest BCUT2D eigenvalue weighted by molar-refractivity contribution is 7.99. The van der Waals surface area contributed by atoms with E-state index in [9.17, 15) is 14.4 Å². The van der Waals surface area contributed by atoms with Crippen LogP contribution in [0, 0.1) is 5.92 Å². The molecule has 1 amide bonds. The second kappa shape index (κ2) is 9.34. The Labute approximate surface area is 182 Å². The molecule has 0 saturated carbocycles. The predicted octanol–water partition coefficient (Wildman–Crippen LogP) is 1.98. The summed E-state index contributed by atoms with van der Waals surface area (Å²) in [7, 11) is 0. The molecular formula is C21H23N5O4S. The molecule has 0 unspecified atom stereocenters. The Hall–Kier alpha value is -3.14. The van der Waals surface area contributed by atoms with Crippen molar-refractivity contribution in [2.45, 2.75) is 24.9 Å². The van der Waals surface area contributed by atoms with E-state index in [1.807, 2.05) is 30.3 Å². The predicted molar refractivity (Wildman–Crippen MR) is 116 cm³/mol. The number of aromatic nitrogens is 4. The summed E-state index contributed by atoms with van der Waals surface area (Å²) < 4.78 is 6.60. The summed E-state index contributed by atoms with van der Waals surface area (Å²) >= 11 is 1.23. The Morgan fingerprint density at radius 1 is 1.26 bits per heavy atom. The maximum Gasteiger partial charge on any atom is 0.310 e. The van der Waals surface area contributed by atoms with E-state index in [0.717, 1.165) is 18.4 Å². The summed E-state index contributed by atoms with van der Waals surface area (Å²) in [6.45, 7) is 3.09. The molecule has 3 heterocycles. The molecule has 1 atom stereocenters. The van der Waals surface area contributed by atoms with Crippen molar-refractivity contribution in [2.24, 2.45) is 5.92 Å². The minimum absolute atomic E-state index is 0.0819. The van der Waals surface area contributed by atoms with Crippen LogP contribution in [0.15, 0.2) is 46.3 Å². The second-order valence-electron chi connectivity index (χ2n) is 7.23. The lowest BCUT2D eigenvalue weighted by atomic mass is 9.98. The highest BCUT2D eigenvalue weighted by atomic mass is 32.2. The zero-order chi connectivity index (χ0) is 21.8. The van der Waals surface area contributed by atoms with Gasteiger partial charge in [0.15, 0.2) is 16.6 Å². The Kier molecular flexibility index (Phi) is 6.36. The quantitative estimate of drug-likeness (QED) is 0.460. The third-order valence-corrected chi connectivity index (χ3v) is 6.00. The van der Waals surface area contributed by atoms with Crippen LogP contribution in [-0.2, 0) is 14.3 Å². The number of ether oxygens (including phenoxy) is 1. The fourth-order valence-corrected chi connectivity index (χ4v) is 4.43.